The zero-order valence-corrected chi connectivity index (χ0v) is 18.7. The third kappa shape index (κ3) is 10.6. The molecule has 0 saturated carbocycles. The van der Waals surface area contributed by atoms with Gasteiger partial charge in [-0.15, -0.1) is 0 Å². The van der Waals surface area contributed by atoms with E-state index in [1.165, 1.54) is 41.2 Å². The van der Waals surface area contributed by atoms with Crippen LogP contribution in [0, 0.1) is 0 Å². The van der Waals surface area contributed by atoms with Gasteiger partial charge in [0.2, 0.25) is 0 Å². The number of carbonyl (C=O) groups is 2. The summed E-state index contributed by atoms with van der Waals surface area (Å²) < 4.78 is 6.94. The molecule has 0 saturated heterocycles. The van der Waals surface area contributed by atoms with Crippen molar-refractivity contribution in [1.29, 1.82) is 0 Å². The summed E-state index contributed by atoms with van der Waals surface area (Å²) in [6, 6.07) is 5.43. The van der Waals surface area contributed by atoms with Crippen molar-refractivity contribution in [1.82, 2.24) is 9.13 Å². The minimum absolute atomic E-state index is 0. The molecule has 0 aliphatic heterocycles. The van der Waals surface area contributed by atoms with E-state index < -0.39 is 11.9 Å². The van der Waals surface area contributed by atoms with Gasteiger partial charge in [0.25, 0.3) is 11.1 Å². The third-order valence-electron chi connectivity index (χ3n) is 2.81. The van der Waals surface area contributed by atoms with E-state index in [1.807, 2.05) is 0 Å². The number of nitrogens with zero attached hydrogens (tertiary/aromatic N) is 2. The Balaban J connectivity index is 0. The molecule has 0 fully saturated rings. The zero-order chi connectivity index (χ0) is 19.7. The number of esters is 1. The van der Waals surface area contributed by atoms with Gasteiger partial charge in [-0.3, -0.25) is 19.2 Å². The summed E-state index contributed by atoms with van der Waals surface area (Å²) in [6.07, 6.45) is 2.69. The van der Waals surface area contributed by atoms with E-state index in [-0.39, 0.29) is 59.2 Å². The second-order valence-electron chi connectivity index (χ2n) is 4.83. The minimum atomic E-state index is -1.07. The molecule has 0 spiro atoms. The standard InChI is InChI=1S/C9H10ClNO3.C7H6ClNO3.Na.H2O/c1-2-14-9(13)6-11-5-7(10)3-4-8(11)12;8-5-1-2-6(10)9(3-5)4-7(11)12;;/h3-5H,2,6H2,1H3;1-3H,4H2,(H,11,12);;1H2/q;;+1;/p-1. The van der Waals surface area contributed by atoms with Gasteiger partial charge in [-0.1, -0.05) is 23.2 Å². The number of aromatic nitrogens is 2. The molecule has 0 aliphatic rings. The van der Waals surface area contributed by atoms with E-state index in [0.29, 0.717) is 16.7 Å². The van der Waals surface area contributed by atoms with Crippen LogP contribution in [0.2, 0.25) is 10.0 Å². The van der Waals surface area contributed by atoms with Crippen molar-refractivity contribution in [3.05, 3.63) is 67.4 Å². The van der Waals surface area contributed by atoms with Crippen molar-refractivity contribution in [2.45, 2.75) is 20.0 Å². The summed E-state index contributed by atoms with van der Waals surface area (Å²) in [7, 11) is 0. The second kappa shape index (κ2) is 14.4. The average Bonchev–Trinajstić information content (AvgIpc) is 2.55. The van der Waals surface area contributed by atoms with Gasteiger partial charge in [-0.2, -0.15) is 0 Å². The van der Waals surface area contributed by atoms with Crippen LogP contribution in [0.15, 0.2) is 46.2 Å². The Bertz CT molecular complexity index is 899. The van der Waals surface area contributed by atoms with Crippen LogP contribution in [-0.2, 0) is 27.4 Å². The molecule has 2 rings (SSSR count). The van der Waals surface area contributed by atoms with Crippen LogP contribution in [0.25, 0.3) is 0 Å². The van der Waals surface area contributed by atoms with E-state index in [9.17, 15) is 19.2 Å². The van der Waals surface area contributed by atoms with Crippen LogP contribution < -0.4 is 40.7 Å². The molecular weight excluding hydrogens is 426 g/mol. The van der Waals surface area contributed by atoms with Gasteiger partial charge < -0.3 is 24.5 Å². The van der Waals surface area contributed by atoms with Crippen molar-refractivity contribution < 1.29 is 54.5 Å². The van der Waals surface area contributed by atoms with Gasteiger partial charge in [0.05, 0.1) is 16.7 Å². The maximum absolute atomic E-state index is 11.2. The van der Waals surface area contributed by atoms with Gasteiger partial charge in [0.1, 0.15) is 13.1 Å². The van der Waals surface area contributed by atoms with Gasteiger partial charge in [-0.25, -0.2) is 0 Å². The van der Waals surface area contributed by atoms with Crippen molar-refractivity contribution >= 4 is 35.1 Å². The summed E-state index contributed by atoms with van der Waals surface area (Å²) in [6.45, 7) is 1.54. The molecule has 2 aromatic rings. The molecule has 28 heavy (non-hydrogen) atoms. The fourth-order valence-corrected chi connectivity index (χ4v) is 2.10. The quantitative estimate of drug-likeness (QED) is 0.438. The van der Waals surface area contributed by atoms with Crippen LogP contribution in [-0.4, -0.2) is 38.3 Å². The maximum atomic E-state index is 11.2. The normalized spacial score (nSPS) is 9.11. The maximum Gasteiger partial charge on any atom is 1.00 e. The molecule has 2 N–H and O–H groups in total. The van der Waals surface area contributed by atoms with Crippen LogP contribution in [0.5, 0.6) is 0 Å². The number of carbonyl (C=O) groups excluding carboxylic acids is 1. The van der Waals surface area contributed by atoms with Gasteiger partial charge >= 0.3 is 41.5 Å². The molecule has 9 nitrogen and oxygen atoms in total. The van der Waals surface area contributed by atoms with E-state index in [0.717, 1.165) is 4.57 Å². The Hall–Kier alpha value is -1.62. The number of aliphatic carboxylic acids is 1. The first-order valence-corrected chi connectivity index (χ1v) is 8.08. The van der Waals surface area contributed by atoms with Gasteiger partial charge in [0.15, 0.2) is 0 Å². The molecule has 0 aromatic carbocycles. The molecule has 0 radical (unpaired) electrons. The number of halogens is 2. The fourth-order valence-electron chi connectivity index (χ4n) is 1.74. The number of carboxylic acids is 1. The molecule has 0 aliphatic carbocycles. The van der Waals surface area contributed by atoms with Crippen molar-refractivity contribution in [2.24, 2.45) is 0 Å². The molecule has 12 heteroatoms. The summed E-state index contributed by atoms with van der Waals surface area (Å²) in [4.78, 5) is 43.4. The predicted octanol–water partition coefficient (Wildman–Crippen LogP) is -1.52. The minimum Gasteiger partial charge on any atom is -0.870 e. The number of hydrogen-bond donors (Lipinski definition) is 1. The summed E-state index contributed by atoms with van der Waals surface area (Å²) >= 11 is 11.2. The number of pyridine rings is 2. The first-order chi connectivity index (χ1) is 12.2. The van der Waals surface area contributed by atoms with Crippen LogP contribution >= 0.6 is 23.2 Å². The Morgan fingerprint density at radius 3 is 1.79 bits per heavy atom. The predicted molar refractivity (Wildman–Crippen MR) is 97.6 cm³/mol. The molecule has 0 unspecified atom stereocenters. The SMILES string of the molecule is CCOC(=O)Cn1cc(Cl)ccc1=O.O=C(O)Cn1cc(Cl)ccc1=O.[Na+].[OH-]. The molecule has 0 atom stereocenters. The van der Waals surface area contributed by atoms with Gasteiger partial charge in [-0.05, 0) is 19.1 Å². The number of ether oxygens (including phenoxy) is 1. The summed E-state index contributed by atoms with van der Waals surface area (Å²) in [5.74, 6) is -1.52. The van der Waals surface area contributed by atoms with Crippen molar-refractivity contribution in [2.75, 3.05) is 6.61 Å². The number of carboxylic acid groups (broad SMARTS) is 1. The van der Waals surface area contributed by atoms with Crippen LogP contribution in [0.3, 0.4) is 0 Å². The number of hydrogen-bond acceptors (Lipinski definition) is 6. The van der Waals surface area contributed by atoms with E-state index in [2.05, 4.69) is 0 Å². The number of rotatable bonds is 5. The fraction of sp³-hybridized carbons (Fsp3) is 0.250. The third-order valence-corrected chi connectivity index (χ3v) is 3.25. The summed E-state index contributed by atoms with van der Waals surface area (Å²) in [5.41, 5.74) is -0.649. The molecule has 2 aromatic heterocycles. The molecule has 2 heterocycles. The van der Waals surface area contributed by atoms with Crippen LogP contribution in [0.4, 0.5) is 0 Å². The van der Waals surface area contributed by atoms with Crippen molar-refractivity contribution in [3.8, 4) is 0 Å². The molecule has 0 bridgehead atoms. The zero-order valence-electron chi connectivity index (χ0n) is 15.2. The van der Waals surface area contributed by atoms with E-state index in [4.69, 9.17) is 33.0 Å². The molecule has 148 valence electrons. The summed E-state index contributed by atoms with van der Waals surface area (Å²) in [5, 5.41) is 9.13. The Kier molecular flexibility index (Phi) is 14.7. The Morgan fingerprint density at radius 1 is 0.964 bits per heavy atom. The second-order valence-corrected chi connectivity index (χ2v) is 5.70. The monoisotopic (exact) mass is 442 g/mol. The first-order valence-electron chi connectivity index (χ1n) is 7.32. The average molecular weight is 443 g/mol. The van der Waals surface area contributed by atoms with Crippen LogP contribution in [0.1, 0.15) is 6.92 Å². The smallest absolute Gasteiger partial charge is 0.870 e. The Morgan fingerprint density at radius 2 is 1.39 bits per heavy atom. The van der Waals surface area contributed by atoms with E-state index in [1.54, 1.807) is 6.92 Å². The van der Waals surface area contributed by atoms with E-state index >= 15 is 0 Å². The van der Waals surface area contributed by atoms with Gasteiger partial charge in [0, 0.05) is 24.5 Å². The first kappa shape index (κ1) is 28.6. The Labute approximate surface area is 192 Å². The topological polar surface area (TPSA) is 138 Å². The molecule has 0 amide bonds. The largest absolute Gasteiger partial charge is 1.00 e. The van der Waals surface area contributed by atoms with Crippen molar-refractivity contribution in [3.63, 3.8) is 0 Å². The molecular formula is C16H17Cl2N2NaO7.